The Balaban J connectivity index is 1.85. The van der Waals surface area contributed by atoms with E-state index in [0.29, 0.717) is 22.2 Å². The van der Waals surface area contributed by atoms with Crippen LogP contribution in [0.25, 0.3) is 0 Å². The van der Waals surface area contributed by atoms with Crippen molar-refractivity contribution in [2.24, 2.45) is 0 Å². The number of thiocarbonyl (C=S) groups is 1. The van der Waals surface area contributed by atoms with Crippen LogP contribution in [0.4, 0.5) is 0 Å². The number of thioether (sulfide) groups is 1. The summed E-state index contributed by atoms with van der Waals surface area (Å²) in [6, 6.07) is 14.9. The van der Waals surface area contributed by atoms with Crippen LogP contribution in [0.15, 0.2) is 53.4 Å². The average molecular weight is 351 g/mol. The average Bonchev–Trinajstić information content (AvgIpc) is 2.53. The van der Waals surface area contributed by atoms with Gasteiger partial charge in [0.2, 0.25) is 0 Å². The highest BCUT2D eigenvalue weighted by atomic mass is 35.5. The molecule has 0 aliphatic rings. The Morgan fingerprint density at radius 3 is 2.59 bits per heavy atom. The van der Waals surface area contributed by atoms with Crippen LogP contribution in [0.3, 0.4) is 0 Å². The maximum atomic E-state index is 12.0. The van der Waals surface area contributed by atoms with Crippen LogP contribution in [-0.2, 0) is 6.54 Å². The van der Waals surface area contributed by atoms with E-state index in [0.717, 1.165) is 5.56 Å². The van der Waals surface area contributed by atoms with E-state index in [2.05, 4.69) is 22.8 Å². The van der Waals surface area contributed by atoms with Gasteiger partial charge in [-0.05, 0) is 54.4 Å². The zero-order valence-corrected chi connectivity index (χ0v) is 14.3. The normalized spacial score (nSPS) is 10.1. The van der Waals surface area contributed by atoms with E-state index in [4.69, 9.17) is 23.8 Å². The number of carbonyl (C=O) groups excluding carboxylic acids is 1. The van der Waals surface area contributed by atoms with E-state index in [-0.39, 0.29) is 5.91 Å². The molecule has 22 heavy (non-hydrogen) atoms. The smallest absolute Gasteiger partial charge is 0.257 e. The predicted octanol–water partition coefficient (Wildman–Crippen LogP) is 3.87. The minimum atomic E-state index is -0.280. The van der Waals surface area contributed by atoms with Gasteiger partial charge in [-0.15, -0.1) is 11.8 Å². The zero-order chi connectivity index (χ0) is 15.9. The molecule has 2 rings (SSSR count). The monoisotopic (exact) mass is 350 g/mol. The second-order valence-corrected chi connectivity index (χ2v) is 6.22. The third kappa shape index (κ3) is 5.02. The van der Waals surface area contributed by atoms with Crippen molar-refractivity contribution in [1.82, 2.24) is 10.6 Å². The number of carbonyl (C=O) groups is 1. The molecule has 0 atom stereocenters. The molecule has 0 heterocycles. The van der Waals surface area contributed by atoms with Crippen LogP contribution >= 0.6 is 35.6 Å². The summed E-state index contributed by atoms with van der Waals surface area (Å²) in [6.45, 7) is 0.559. The number of halogens is 1. The Labute approximate surface area is 144 Å². The molecule has 0 saturated heterocycles. The summed E-state index contributed by atoms with van der Waals surface area (Å²) in [7, 11) is 0. The van der Waals surface area contributed by atoms with Crippen molar-refractivity contribution in [2.45, 2.75) is 11.4 Å². The molecule has 114 valence electrons. The Kier molecular flexibility index (Phi) is 6.24. The van der Waals surface area contributed by atoms with Gasteiger partial charge in [-0.1, -0.05) is 29.8 Å². The maximum absolute atomic E-state index is 12.0. The second-order valence-electron chi connectivity index (χ2n) is 4.50. The largest absolute Gasteiger partial charge is 0.358 e. The lowest BCUT2D eigenvalue weighted by Gasteiger charge is -2.10. The molecule has 0 bridgehead atoms. The van der Waals surface area contributed by atoms with Crippen LogP contribution in [0, 0.1) is 0 Å². The SMILES string of the molecule is CSc1ccc(CNC(=S)NC(=O)c2cccc(Cl)c2)cc1. The first-order valence-electron chi connectivity index (χ1n) is 6.56. The highest BCUT2D eigenvalue weighted by molar-refractivity contribution is 7.98. The Morgan fingerprint density at radius 1 is 1.23 bits per heavy atom. The lowest BCUT2D eigenvalue weighted by Crippen LogP contribution is -2.38. The minimum Gasteiger partial charge on any atom is -0.358 e. The molecule has 6 heteroatoms. The highest BCUT2D eigenvalue weighted by Crippen LogP contribution is 2.14. The molecule has 0 spiro atoms. The van der Waals surface area contributed by atoms with Gasteiger partial charge in [0.15, 0.2) is 5.11 Å². The third-order valence-electron chi connectivity index (χ3n) is 2.93. The van der Waals surface area contributed by atoms with Gasteiger partial charge >= 0.3 is 0 Å². The number of benzene rings is 2. The summed E-state index contributed by atoms with van der Waals surface area (Å²) in [4.78, 5) is 13.2. The van der Waals surface area contributed by atoms with Crippen LogP contribution < -0.4 is 10.6 Å². The van der Waals surface area contributed by atoms with Gasteiger partial charge in [0, 0.05) is 22.0 Å². The fourth-order valence-electron chi connectivity index (χ4n) is 1.77. The van der Waals surface area contributed by atoms with Gasteiger partial charge < -0.3 is 5.32 Å². The fraction of sp³-hybridized carbons (Fsp3) is 0.125. The third-order valence-corrected chi connectivity index (χ3v) is 4.15. The van der Waals surface area contributed by atoms with Crippen molar-refractivity contribution in [3.8, 4) is 0 Å². The molecular formula is C16H15ClN2OS2. The number of hydrogen-bond acceptors (Lipinski definition) is 3. The maximum Gasteiger partial charge on any atom is 0.257 e. The van der Waals surface area contributed by atoms with Crippen molar-refractivity contribution < 1.29 is 4.79 Å². The van der Waals surface area contributed by atoms with E-state index in [1.807, 2.05) is 18.4 Å². The van der Waals surface area contributed by atoms with Gasteiger partial charge in [0.25, 0.3) is 5.91 Å². The van der Waals surface area contributed by atoms with Crippen LogP contribution in [0.1, 0.15) is 15.9 Å². The second kappa shape index (κ2) is 8.17. The van der Waals surface area contributed by atoms with Crippen molar-refractivity contribution in [2.75, 3.05) is 6.26 Å². The molecule has 0 aliphatic heterocycles. The summed E-state index contributed by atoms with van der Waals surface area (Å²) in [5.74, 6) is -0.280. The summed E-state index contributed by atoms with van der Waals surface area (Å²) in [5, 5.41) is 6.45. The van der Waals surface area contributed by atoms with Crippen molar-refractivity contribution in [3.63, 3.8) is 0 Å². The number of rotatable bonds is 4. The molecule has 2 aromatic rings. The van der Waals surface area contributed by atoms with Gasteiger partial charge in [0.1, 0.15) is 0 Å². The number of amides is 1. The standard InChI is InChI=1S/C16H15ClN2OS2/c1-22-14-7-5-11(6-8-14)10-18-16(21)19-15(20)12-3-2-4-13(17)9-12/h2-9H,10H2,1H3,(H2,18,19,20,21). The molecule has 2 N–H and O–H groups in total. The van der Waals surface area contributed by atoms with E-state index in [1.54, 1.807) is 36.0 Å². The molecule has 0 unspecified atom stereocenters. The van der Waals surface area contributed by atoms with Gasteiger partial charge in [-0.3, -0.25) is 10.1 Å². The Bertz CT molecular complexity index is 674. The molecule has 2 aromatic carbocycles. The Hall–Kier alpha value is -1.56. The number of nitrogens with one attached hydrogen (secondary N) is 2. The molecule has 0 aromatic heterocycles. The lowest BCUT2D eigenvalue weighted by molar-refractivity contribution is 0.0976. The lowest BCUT2D eigenvalue weighted by atomic mass is 10.2. The first kappa shape index (κ1) is 16.8. The van der Waals surface area contributed by atoms with Crippen LogP contribution in [0.5, 0.6) is 0 Å². The molecule has 0 radical (unpaired) electrons. The Morgan fingerprint density at radius 2 is 1.95 bits per heavy atom. The quantitative estimate of drug-likeness (QED) is 0.649. The van der Waals surface area contributed by atoms with Gasteiger partial charge in [-0.25, -0.2) is 0 Å². The first-order chi connectivity index (χ1) is 10.6. The number of hydrogen-bond donors (Lipinski definition) is 2. The van der Waals surface area contributed by atoms with Crippen molar-refractivity contribution >= 4 is 46.6 Å². The molecule has 0 fully saturated rings. The van der Waals surface area contributed by atoms with Gasteiger partial charge in [0.05, 0.1) is 0 Å². The first-order valence-corrected chi connectivity index (χ1v) is 8.57. The van der Waals surface area contributed by atoms with E-state index < -0.39 is 0 Å². The highest BCUT2D eigenvalue weighted by Gasteiger charge is 2.07. The molecule has 0 saturated carbocycles. The van der Waals surface area contributed by atoms with Crippen LogP contribution in [-0.4, -0.2) is 17.3 Å². The van der Waals surface area contributed by atoms with E-state index in [1.165, 1.54) is 4.90 Å². The van der Waals surface area contributed by atoms with Crippen molar-refractivity contribution in [3.05, 3.63) is 64.7 Å². The summed E-state index contributed by atoms with van der Waals surface area (Å²) in [5.41, 5.74) is 1.57. The summed E-state index contributed by atoms with van der Waals surface area (Å²) >= 11 is 12.7. The molecular weight excluding hydrogens is 336 g/mol. The fourth-order valence-corrected chi connectivity index (χ4v) is 2.54. The summed E-state index contributed by atoms with van der Waals surface area (Å²) in [6.07, 6.45) is 2.04. The van der Waals surface area contributed by atoms with Crippen LogP contribution in [0.2, 0.25) is 5.02 Å². The summed E-state index contributed by atoms with van der Waals surface area (Å²) < 4.78 is 0. The van der Waals surface area contributed by atoms with Crippen molar-refractivity contribution in [1.29, 1.82) is 0 Å². The minimum absolute atomic E-state index is 0.280. The molecule has 3 nitrogen and oxygen atoms in total. The molecule has 0 aliphatic carbocycles. The zero-order valence-electron chi connectivity index (χ0n) is 11.9. The van der Waals surface area contributed by atoms with Gasteiger partial charge in [-0.2, -0.15) is 0 Å². The molecule has 1 amide bonds. The topological polar surface area (TPSA) is 41.1 Å². The van der Waals surface area contributed by atoms with E-state index in [9.17, 15) is 4.79 Å². The predicted molar refractivity (Wildman–Crippen MR) is 96.6 cm³/mol. The van der Waals surface area contributed by atoms with E-state index >= 15 is 0 Å².